The third-order valence-corrected chi connectivity index (χ3v) is 6.99. The Morgan fingerprint density at radius 2 is 1.93 bits per heavy atom. The Hall–Kier alpha value is -2.13. The molecule has 1 amide bonds. The van der Waals surface area contributed by atoms with Gasteiger partial charge in [-0.25, -0.2) is 13.1 Å². The molecule has 1 aliphatic heterocycles. The fourth-order valence-electron chi connectivity index (χ4n) is 3.40. The van der Waals surface area contributed by atoms with E-state index < -0.39 is 10.0 Å². The number of amides is 1. The van der Waals surface area contributed by atoms with Gasteiger partial charge in [0.25, 0.3) is 5.91 Å². The zero-order valence-electron chi connectivity index (χ0n) is 16.5. The molecule has 30 heavy (non-hydrogen) atoms. The van der Waals surface area contributed by atoms with Gasteiger partial charge in [0, 0.05) is 23.2 Å². The first-order valence-corrected chi connectivity index (χ1v) is 11.6. The number of rotatable bonds is 6. The Kier molecular flexibility index (Phi) is 6.02. The van der Waals surface area contributed by atoms with E-state index in [4.69, 9.17) is 21.1 Å². The van der Waals surface area contributed by atoms with Crippen molar-refractivity contribution in [2.24, 2.45) is 0 Å². The van der Waals surface area contributed by atoms with Gasteiger partial charge >= 0.3 is 0 Å². The molecular weight excluding hydrogens is 428 g/mol. The number of hydrogen-bond donors (Lipinski definition) is 1. The second kappa shape index (κ2) is 8.55. The van der Waals surface area contributed by atoms with Gasteiger partial charge in [-0.15, -0.1) is 0 Å². The highest BCUT2D eigenvalue weighted by atomic mass is 35.5. The van der Waals surface area contributed by atoms with Crippen molar-refractivity contribution in [1.82, 2.24) is 9.62 Å². The van der Waals surface area contributed by atoms with Crippen LogP contribution in [0.1, 0.15) is 34.9 Å². The van der Waals surface area contributed by atoms with Crippen LogP contribution in [0, 0.1) is 0 Å². The summed E-state index contributed by atoms with van der Waals surface area (Å²) in [5, 5.41) is 0.634. The van der Waals surface area contributed by atoms with Crippen LogP contribution in [0.5, 0.6) is 5.75 Å². The standard InChI is InChI=1S/C21H23ClN2O5S/c1-28-18-9-4-15(12-20(18)30(26,27)23-17-7-8-17)21(25)24-10-11-29-19(13-24)14-2-5-16(22)6-3-14/h2-6,9,12,17,19,23H,7-8,10-11,13H2,1H3. The maximum atomic E-state index is 13.1. The van der Waals surface area contributed by atoms with Crippen molar-refractivity contribution < 1.29 is 22.7 Å². The Labute approximate surface area is 181 Å². The molecule has 2 aromatic carbocycles. The SMILES string of the molecule is COc1ccc(C(=O)N2CCOC(c3ccc(Cl)cc3)C2)cc1S(=O)(=O)NC1CC1. The molecule has 0 radical (unpaired) electrons. The van der Waals surface area contributed by atoms with Gasteiger partial charge in [-0.1, -0.05) is 23.7 Å². The number of ether oxygens (including phenoxy) is 2. The topological polar surface area (TPSA) is 84.9 Å². The molecule has 7 nitrogen and oxygen atoms in total. The van der Waals surface area contributed by atoms with Crippen molar-refractivity contribution in [1.29, 1.82) is 0 Å². The Balaban J connectivity index is 1.56. The van der Waals surface area contributed by atoms with E-state index in [1.165, 1.54) is 19.2 Å². The van der Waals surface area contributed by atoms with Crippen LogP contribution in [0.2, 0.25) is 5.02 Å². The average molecular weight is 451 g/mol. The van der Waals surface area contributed by atoms with Gasteiger partial charge in [0.15, 0.2) is 0 Å². The average Bonchev–Trinajstić information content (AvgIpc) is 3.56. The first-order chi connectivity index (χ1) is 14.4. The molecule has 2 fully saturated rings. The van der Waals surface area contributed by atoms with Crippen molar-refractivity contribution in [2.75, 3.05) is 26.8 Å². The van der Waals surface area contributed by atoms with Crippen molar-refractivity contribution in [3.63, 3.8) is 0 Å². The molecule has 9 heteroatoms. The summed E-state index contributed by atoms with van der Waals surface area (Å²) >= 11 is 5.95. The molecule has 4 rings (SSSR count). The van der Waals surface area contributed by atoms with E-state index in [-0.39, 0.29) is 28.7 Å². The van der Waals surface area contributed by atoms with Crippen LogP contribution in [0.25, 0.3) is 0 Å². The van der Waals surface area contributed by atoms with E-state index in [9.17, 15) is 13.2 Å². The lowest BCUT2D eigenvalue weighted by atomic mass is 10.1. The highest BCUT2D eigenvalue weighted by Crippen LogP contribution is 2.30. The lowest BCUT2D eigenvalue weighted by Gasteiger charge is -2.33. The van der Waals surface area contributed by atoms with Gasteiger partial charge < -0.3 is 14.4 Å². The zero-order valence-corrected chi connectivity index (χ0v) is 18.1. The number of benzene rings is 2. The van der Waals surface area contributed by atoms with E-state index in [1.54, 1.807) is 23.1 Å². The monoisotopic (exact) mass is 450 g/mol. The van der Waals surface area contributed by atoms with Gasteiger partial charge in [0.1, 0.15) is 16.7 Å². The quantitative estimate of drug-likeness (QED) is 0.731. The number of morpholine rings is 1. The molecule has 1 unspecified atom stereocenters. The molecule has 1 atom stereocenters. The molecule has 0 bridgehead atoms. The van der Waals surface area contributed by atoms with Crippen LogP contribution in [0.15, 0.2) is 47.4 Å². The first-order valence-electron chi connectivity index (χ1n) is 9.74. The maximum Gasteiger partial charge on any atom is 0.254 e. The smallest absolute Gasteiger partial charge is 0.254 e. The van der Waals surface area contributed by atoms with Crippen molar-refractivity contribution in [3.05, 3.63) is 58.6 Å². The third kappa shape index (κ3) is 4.62. The maximum absolute atomic E-state index is 13.1. The van der Waals surface area contributed by atoms with Crippen LogP contribution in [0.3, 0.4) is 0 Å². The summed E-state index contributed by atoms with van der Waals surface area (Å²) in [7, 11) is -2.36. The zero-order chi connectivity index (χ0) is 21.3. The Morgan fingerprint density at radius 3 is 2.60 bits per heavy atom. The predicted octanol–water partition coefficient (Wildman–Crippen LogP) is 3.00. The van der Waals surface area contributed by atoms with E-state index in [0.717, 1.165) is 18.4 Å². The molecule has 0 aromatic heterocycles. The molecule has 1 saturated carbocycles. The highest BCUT2D eigenvalue weighted by Gasteiger charge is 2.31. The van der Waals surface area contributed by atoms with Crippen LogP contribution in [0.4, 0.5) is 0 Å². The third-order valence-electron chi connectivity index (χ3n) is 5.19. The van der Waals surface area contributed by atoms with Crippen LogP contribution in [-0.4, -0.2) is 52.1 Å². The summed E-state index contributed by atoms with van der Waals surface area (Å²) in [5.74, 6) is -0.0384. The van der Waals surface area contributed by atoms with E-state index in [1.807, 2.05) is 12.1 Å². The highest BCUT2D eigenvalue weighted by molar-refractivity contribution is 7.89. The minimum absolute atomic E-state index is 0.0229. The first kappa shape index (κ1) is 21.1. The normalized spacial score (nSPS) is 19.5. The number of carbonyl (C=O) groups excluding carboxylic acids is 1. The predicted molar refractivity (Wildman–Crippen MR) is 112 cm³/mol. The minimum atomic E-state index is -3.77. The van der Waals surface area contributed by atoms with E-state index in [2.05, 4.69) is 4.72 Å². The molecule has 160 valence electrons. The number of sulfonamides is 1. The van der Waals surface area contributed by atoms with Crippen LogP contribution in [-0.2, 0) is 14.8 Å². The summed E-state index contributed by atoms with van der Waals surface area (Å²) in [6, 6.07) is 11.8. The van der Waals surface area contributed by atoms with Gasteiger partial charge in [-0.05, 0) is 48.7 Å². The number of carbonyl (C=O) groups is 1. The van der Waals surface area contributed by atoms with Gasteiger partial charge in [0.05, 0.1) is 20.3 Å². The lowest BCUT2D eigenvalue weighted by Crippen LogP contribution is -2.42. The van der Waals surface area contributed by atoms with Crippen molar-refractivity contribution >= 4 is 27.5 Å². The molecule has 1 heterocycles. The number of methoxy groups -OCH3 is 1. The number of nitrogens with one attached hydrogen (secondary N) is 1. The van der Waals surface area contributed by atoms with Gasteiger partial charge in [-0.3, -0.25) is 4.79 Å². The molecule has 2 aromatic rings. The summed E-state index contributed by atoms with van der Waals surface area (Å²) in [6.07, 6.45) is 1.37. The number of halogens is 1. The number of hydrogen-bond acceptors (Lipinski definition) is 5. The minimum Gasteiger partial charge on any atom is -0.495 e. The van der Waals surface area contributed by atoms with Gasteiger partial charge in [0.2, 0.25) is 10.0 Å². The molecule has 1 saturated heterocycles. The summed E-state index contributed by atoms with van der Waals surface area (Å²) in [5.41, 5.74) is 1.23. The fourth-order valence-corrected chi connectivity index (χ4v) is 5.03. The Bertz CT molecular complexity index is 1040. The van der Waals surface area contributed by atoms with Gasteiger partial charge in [-0.2, -0.15) is 0 Å². The van der Waals surface area contributed by atoms with E-state index in [0.29, 0.717) is 30.3 Å². The number of nitrogens with zero attached hydrogens (tertiary/aromatic N) is 1. The lowest BCUT2D eigenvalue weighted by molar-refractivity contribution is -0.0228. The molecule has 1 N–H and O–H groups in total. The van der Waals surface area contributed by atoms with E-state index >= 15 is 0 Å². The molecular formula is C21H23ClN2O5S. The van der Waals surface area contributed by atoms with Crippen molar-refractivity contribution in [2.45, 2.75) is 29.9 Å². The molecule has 1 aliphatic carbocycles. The summed E-state index contributed by atoms with van der Waals surface area (Å²) in [4.78, 5) is 14.8. The second-order valence-corrected chi connectivity index (χ2v) is 9.54. The summed E-state index contributed by atoms with van der Waals surface area (Å²) in [6.45, 7) is 1.19. The summed E-state index contributed by atoms with van der Waals surface area (Å²) < 4.78 is 39.1. The van der Waals surface area contributed by atoms with Crippen LogP contribution >= 0.6 is 11.6 Å². The molecule has 0 spiro atoms. The largest absolute Gasteiger partial charge is 0.495 e. The second-order valence-electron chi connectivity index (χ2n) is 7.42. The van der Waals surface area contributed by atoms with Crippen molar-refractivity contribution in [3.8, 4) is 5.75 Å². The molecule has 2 aliphatic rings. The van der Waals surface area contributed by atoms with Crippen LogP contribution < -0.4 is 9.46 Å². The Morgan fingerprint density at radius 1 is 1.20 bits per heavy atom. The fraction of sp³-hybridized carbons (Fsp3) is 0.381.